The maximum Gasteiger partial charge on any atom is 0.329 e. The molecule has 2 rings (SSSR count). The molecular weight excluding hydrogens is 290 g/mol. The monoisotopic (exact) mass is 303 g/mol. The fourth-order valence-electron chi connectivity index (χ4n) is 2.00. The Morgan fingerprint density at radius 2 is 2.16 bits per heavy atom. The van der Waals surface area contributed by atoms with Gasteiger partial charge in [-0.1, -0.05) is 11.6 Å². The largest absolute Gasteiger partial charge is 0.480 e. The first-order chi connectivity index (χ1) is 9.08. The van der Waals surface area contributed by atoms with Crippen LogP contribution in [-0.4, -0.2) is 47.7 Å². The zero-order valence-corrected chi connectivity index (χ0v) is 11.7. The van der Waals surface area contributed by atoms with Gasteiger partial charge in [-0.2, -0.15) is 0 Å². The van der Waals surface area contributed by atoms with Crippen LogP contribution in [-0.2, 0) is 9.53 Å². The molecule has 104 valence electrons. The summed E-state index contributed by atoms with van der Waals surface area (Å²) in [6, 6.07) is 1.71. The van der Waals surface area contributed by atoms with Crippen molar-refractivity contribution in [1.29, 1.82) is 0 Å². The average molecular weight is 304 g/mol. The zero-order valence-electron chi connectivity index (χ0n) is 10.2. The van der Waals surface area contributed by atoms with Crippen LogP contribution in [0.4, 0.5) is 0 Å². The summed E-state index contributed by atoms with van der Waals surface area (Å²) in [5, 5.41) is 10.8. The second kappa shape index (κ2) is 6.36. The van der Waals surface area contributed by atoms with Crippen molar-refractivity contribution in [3.8, 4) is 0 Å². The maximum atomic E-state index is 12.2. The van der Waals surface area contributed by atoms with Crippen LogP contribution < -0.4 is 0 Å². The maximum absolute atomic E-state index is 12.2. The molecule has 0 atom stereocenters. The average Bonchev–Trinajstić information content (AvgIpc) is 2.82. The number of hydrogen-bond donors (Lipinski definition) is 1. The number of carbonyl (C=O) groups is 2. The van der Waals surface area contributed by atoms with E-state index >= 15 is 0 Å². The first-order valence-corrected chi connectivity index (χ1v) is 7.19. The van der Waals surface area contributed by atoms with E-state index in [1.165, 1.54) is 11.3 Å². The number of likely N-dealkylation sites (tertiary alicyclic amines) is 1. The number of hydrogen-bond acceptors (Lipinski definition) is 4. The van der Waals surface area contributed by atoms with Gasteiger partial charge >= 0.3 is 5.97 Å². The van der Waals surface area contributed by atoms with Gasteiger partial charge in [-0.05, 0) is 24.3 Å². The molecule has 0 unspecified atom stereocenters. The summed E-state index contributed by atoms with van der Waals surface area (Å²) in [6.45, 7) is 0.851. The molecule has 1 aliphatic rings. The summed E-state index contributed by atoms with van der Waals surface area (Å²) in [5.74, 6) is -1.03. The molecule has 0 aliphatic carbocycles. The molecule has 2 heterocycles. The van der Waals surface area contributed by atoms with Gasteiger partial charge in [-0.3, -0.25) is 4.79 Å². The van der Waals surface area contributed by atoms with E-state index in [-0.39, 0.29) is 18.6 Å². The molecule has 0 bridgehead atoms. The Labute approximate surface area is 119 Å². The molecule has 1 N–H and O–H groups in total. The van der Waals surface area contributed by atoms with Crippen LogP contribution in [0.25, 0.3) is 0 Å². The van der Waals surface area contributed by atoms with Crippen molar-refractivity contribution in [1.82, 2.24) is 4.90 Å². The van der Waals surface area contributed by atoms with Crippen molar-refractivity contribution < 1.29 is 19.4 Å². The first kappa shape index (κ1) is 14.3. The van der Waals surface area contributed by atoms with Crippen LogP contribution in [0.2, 0.25) is 5.02 Å². The van der Waals surface area contributed by atoms with Crippen molar-refractivity contribution in [2.24, 2.45) is 0 Å². The van der Waals surface area contributed by atoms with Crippen LogP contribution in [0, 0.1) is 0 Å². The summed E-state index contributed by atoms with van der Waals surface area (Å²) in [5.41, 5.74) is 0. The third-order valence-corrected chi connectivity index (χ3v) is 4.31. The molecule has 1 saturated heterocycles. The van der Waals surface area contributed by atoms with Gasteiger partial charge in [0.25, 0.3) is 5.91 Å². The third-order valence-electron chi connectivity index (χ3n) is 2.98. The smallest absolute Gasteiger partial charge is 0.329 e. The van der Waals surface area contributed by atoms with Crippen molar-refractivity contribution in [2.45, 2.75) is 18.9 Å². The molecule has 1 aromatic rings. The van der Waals surface area contributed by atoms with E-state index in [1.54, 1.807) is 16.3 Å². The fraction of sp³-hybridized carbons (Fsp3) is 0.500. The van der Waals surface area contributed by atoms with Crippen LogP contribution in [0.3, 0.4) is 0 Å². The molecule has 0 radical (unpaired) electrons. The highest BCUT2D eigenvalue weighted by molar-refractivity contribution is 7.12. The van der Waals surface area contributed by atoms with Gasteiger partial charge in [-0.25, -0.2) is 4.79 Å². The number of aliphatic carboxylic acids is 1. The fourth-order valence-corrected chi connectivity index (χ4v) is 3.11. The van der Waals surface area contributed by atoms with Gasteiger partial charge in [-0.15, -0.1) is 11.3 Å². The van der Waals surface area contributed by atoms with E-state index in [2.05, 4.69) is 0 Å². The van der Waals surface area contributed by atoms with Crippen LogP contribution in [0.15, 0.2) is 11.4 Å². The third kappa shape index (κ3) is 3.68. The molecule has 1 aliphatic heterocycles. The van der Waals surface area contributed by atoms with E-state index < -0.39 is 5.97 Å². The number of carboxylic acids is 1. The lowest BCUT2D eigenvalue weighted by Crippen LogP contribution is -2.41. The minimum Gasteiger partial charge on any atom is -0.480 e. The molecule has 1 aromatic heterocycles. The predicted molar refractivity (Wildman–Crippen MR) is 71.8 cm³/mol. The second-order valence-electron chi connectivity index (χ2n) is 4.29. The van der Waals surface area contributed by atoms with Crippen molar-refractivity contribution in [2.75, 3.05) is 19.7 Å². The molecule has 0 spiro atoms. The predicted octanol–water partition coefficient (Wildman–Crippen LogP) is 2.11. The quantitative estimate of drug-likeness (QED) is 0.925. The Balaban J connectivity index is 1.85. The number of carboxylic acid groups (broad SMARTS) is 1. The highest BCUT2D eigenvalue weighted by Gasteiger charge is 2.26. The number of amides is 1. The van der Waals surface area contributed by atoms with Crippen LogP contribution >= 0.6 is 22.9 Å². The number of thiophene rings is 1. The van der Waals surface area contributed by atoms with Crippen molar-refractivity contribution in [3.05, 3.63) is 21.3 Å². The number of piperidine rings is 1. The molecule has 1 fully saturated rings. The highest BCUT2D eigenvalue weighted by atomic mass is 35.5. The summed E-state index contributed by atoms with van der Waals surface area (Å²) in [7, 11) is 0. The summed E-state index contributed by atoms with van der Waals surface area (Å²) < 4.78 is 5.23. The topological polar surface area (TPSA) is 66.8 Å². The minimum atomic E-state index is -0.969. The summed E-state index contributed by atoms with van der Waals surface area (Å²) in [6.07, 6.45) is 1.23. The number of carbonyl (C=O) groups excluding carboxylic acids is 1. The van der Waals surface area contributed by atoms with Gasteiger partial charge in [0.2, 0.25) is 0 Å². The summed E-state index contributed by atoms with van der Waals surface area (Å²) in [4.78, 5) is 24.9. The lowest BCUT2D eigenvalue weighted by Gasteiger charge is -2.31. The Morgan fingerprint density at radius 1 is 1.47 bits per heavy atom. The van der Waals surface area contributed by atoms with E-state index in [0.717, 1.165) is 0 Å². The Morgan fingerprint density at radius 3 is 2.68 bits per heavy atom. The van der Waals surface area contributed by atoms with Gasteiger partial charge in [0.05, 0.1) is 11.1 Å². The van der Waals surface area contributed by atoms with E-state index in [0.29, 0.717) is 35.8 Å². The van der Waals surface area contributed by atoms with Crippen LogP contribution in [0.1, 0.15) is 22.5 Å². The molecular formula is C12H14ClNO4S. The number of rotatable bonds is 4. The second-order valence-corrected chi connectivity index (χ2v) is 5.62. The zero-order chi connectivity index (χ0) is 13.8. The molecule has 7 heteroatoms. The summed E-state index contributed by atoms with van der Waals surface area (Å²) >= 11 is 7.27. The first-order valence-electron chi connectivity index (χ1n) is 5.93. The lowest BCUT2D eigenvalue weighted by molar-refractivity contribution is -0.145. The van der Waals surface area contributed by atoms with Crippen molar-refractivity contribution in [3.63, 3.8) is 0 Å². The van der Waals surface area contributed by atoms with E-state index in [1.807, 2.05) is 0 Å². The van der Waals surface area contributed by atoms with Gasteiger partial charge < -0.3 is 14.7 Å². The van der Waals surface area contributed by atoms with Crippen molar-refractivity contribution >= 4 is 34.8 Å². The lowest BCUT2D eigenvalue weighted by atomic mass is 10.1. The van der Waals surface area contributed by atoms with Crippen LogP contribution in [0.5, 0.6) is 0 Å². The molecule has 5 nitrogen and oxygen atoms in total. The SMILES string of the molecule is O=C(O)COC1CCN(C(=O)c2sccc2Cl)CC1. The molecule has 0 saturated carbocycles. The standard InChI is InChI=1S/C12H14ClNO4S/c13-9-3-6-19-11(9)12(17)14-4-1-8(2-5-14)18-7-10(15)16/h3,6,8H,1-2,4-5,7H2,(H,15,16). The van der Waals surface area contributed by atoms with Gasteiger partial charge in [0, 0.05) is 13.1 Å². The Kier molecular flexibility index (Phi) is 4.79. The molecule has 1 amide bonds. The highest BCUT2D eigenvalue weighted by Crippen LogP contribution is 2.25. The van der Waals surface area contributed by atoms with Gasteiger partial charge in [0.15, 0.2) is 0 Å². The van der Waals surface area contributed by atoms with Gasteiger partial charge in [0.1, 0.15) is 11.5 Å². The normalized spacial score (nSPS) is 16.6. The number of nitrogens with zero attached hydrogens (tertiary/aromatic N) is 1. The molecule has 0 aromatic carbocycles. The molecule has 19 heavy (non-hydrogen) atoms. The minimum absolute atomic E-state index is 0.0586. The number of halogens is 1. The Bertz CT molecular complexity index is 468. The van der Waals surface area contributed by atoms with E-state index in [9.17, 15) is 9.59 Å². The Hall–Kier alpha value is -1.11. The van der Waals surface area contributed by atoms with E-state index in [4.69, 9.17) is 21.4 Å². The number of ether oxygens (including phenoxy) is 1.